The van der Waals surface area contributed by atoms with Crippen LogP contribution in [0.1, 0.15) is 5.69 Å². The van der Waals surface area contributed by atoms with E-state index in [4.69, 9.17) is 15.8 Å². The molecule has 0 aliphatic heterocycles. The summed E-state index contributed by atoms with van der Waals surface area (Å²) in [6.45, 7) is -0.305. The number of nitrogens with zero attached hydrogens (tertiary/aromatic N) is 1. The normalized spacial score (nSPS) is 11.5. The van der Waals surface area contributed by atoms with Crippen LogP contribution >= 0.6 is 10.7 Å². The van der Waals surface area contributed by atoms with Crippen LogP contribution < -0.4 is 0 Å². The minimum atomic E-state index is -3.71. The van der Waals surface area contributed by atoms with Gasteiger partial charge in [0.15, 0.2) is 0 Å². The molecule has 4 nitrogen and oxygen atoms in total. The largest absolute Gasteiger partial charge is 0.390 e. The Bertz CT molecular complexity index is 376. The van der Waals surface area contributed by atoms with E-state index in [9.17, 15) is 8.42 Å². The van der Waals surface area contributed by atoms with Crippen molar-refractivity contribution < 1.29 is 13.5 Å². The molecule has 0 aliphatic rings. The van der Waals surface area contributed by atoms with Gasteiger partial charge >= 0.3 is 0 Å². The Morgan fingerprint density at radius 3 is 2.75 bits per heavy atom. The van der Waals surface area contributed by atoms with Crippen molar-refractivity contribution in [2.45, 2.75) is 11.5 Å². The number of aromatic nitrogens is 1. The van der Waals surface area contributed by atoms with Gasteiger partial charge in [0.25, 0.3) is 9.05 Å². The fourth-order valence-electron chi connectivity index (χ4n) is 0.694. The summed E-state index contributed by atoms with van der Waals surface area (Å²) in [5, 5.41) is 8.63. The average molecular weight is 208 g/mol. The molecule has 0 bridgehead atoms. The Labute approximate surface area is 74.2 Å². The first-order valence-corrected chi connectivity index (χ1v) is 5.35. The zero-order valence-electron chi connectivity index (χ0n) is 5.94. The van der Waals surface area contributed by atoms with Crippen molar-refractivity contribution in [3.63, 3.8) is 0 Å². The molecule has 6 heteroatoms. The Hall–Kier alpha value is -0.650. The lowest BCUT2D eigenvalue weighted by molar-refractivity contribution is 0.276. The molecule has 1 aromatic rings. The Morgan fingerprint density at radius 1 is 1.58 bits per heavy atom. The van der Waals surface area contributed by atoms with Gasteiger partial charge in [0.2, 0.25) is 0 Å². The number of aliphatic hydroxyl groups excluding tert-OH is 1. The van der Waals surface area contributed by atoms with E-state index in [0.717, 1.165) is 0 Å². The Balaban J connectivity index is 3.20. The van der Waals surface area contributed by atoms with Crippen molar-refractivity contribution in [3.8, 4) is 0 Å². The summed E-state index contributed by atoms with van der Waals surface area (Å²) >= 11 is 0. The van der Waals surface area contributed by atoms with Gasteiger partial charge in [0.05, 0.1) is 17.2 Å². The van der Waals surface area contributed by atoms with Gasteiger partial charge in [0, 0.05) is 16.9 Å². The molecule has 1 aromatic heterocycles. The SMILES string of the molecule is O=S(=O)(Cl)c1ccnc(CO)c1. The fourth-order valence-corrected chi connectivity index (χ4v) is 1.48. The van der Waals surface area contributed by atoms with Crippen LogP contribution in [-0.2, 0) is 15.7 Å². The van der Waals surface area contributed by atoms with Crippen LogP contribution in [-0.4, -0.2) is 18.5 Å². The van der Waals surface area contributed by atoms with Gasteiger partial charge in [-0.05, 0) is 12.1 Å². The fraction of sp³-hybridized carbons (Fsp3) is 0.167. The second kappa shape index (κ2) is 3.38. The number of rotatable bonds is 2. The minimum Gasteiger partial charge on any atom is -0.390 e. The van der Waals surface area contributed by atoms with E-state index in [0.29, 0.717) is 0 Å². The second-order valence-electron chi connectivity index (χ2n) is 2.08. The Kier molecular flexibility index (Phi) is 2.66. The molecule has 0 aliphatic carbocycles. The summed E-state index contributed by atoms with van der Waals surface area (Å²) in [7, 11) is 1.34. The molecule has 66 valence electrons. The smallest absolute Gasteiger partial charge is 0.261 e. The molecule has 0 spiro atoms. The van der Waals surface area contributed by atoms with Gasteiger partial charge in [0.1, 0.15) is 0 Å². The van der Waals surface area contributed by atoms with Gasteiger partial charge in [-0.2, -0.15) is 0 Å². The highest BCUT2D eigenvalue weighted by Crippen LogP contribution is 2.14. The van der Waals surface area contributed by atoms with E-state index < -0.39 is 9.05 Å². The second-order valence-corrected chi connectivity index (χ2v) is 4.64. The lowest BCUT2D eigenvalue weighted by Gasteiger charge is -1.97. The number of halogens is 1. The third-order valence-corrected chi connectivity index (χ3v) is 2.58. The maximum absolute atomic E-state index is 10.8. The molecule has 0 unspecified atom stereocenters. The minimum absolute atomic E-state index is 0.0526. The van der Waals surface area contributed by atoms with Crippen LogP contribution in [0, 0.1) is 0 Å². The van der Waals surface area contributed by atoms with Crippen LogP contribution in [0.4, 0.5) is 0 Å². The van der Waals surface area contributed by atoms with Crippen molar-refractivity contribution in [2.75, 3.05) is 0 Å². The van der Waals surface area contributed by atoms with Gasteiger partial charge < -0.3 is 5.11 Å². The predicted molar refractivity (Wildman–Crippen MR) is 43.2 cm³/mol. The van der Waals surface area contributed by atoms with E-state index in [1.165, 1.54) is 18.3 Å². The third-order valence-electron chi connectivity index (χ3n) is 1.23. The molecule has 0 amide bonds. The van der Waals surface area contributed by atoms with Crippen LogP contribution in [0.2, 0.25) is 0 Å². The average Bonchev–Trinajstić information content (AvgIpc) is 2.03. The number of hydrogen-bond donors (Lipinski definition) is 1. The van der Waals surface area contributed by atoms with Crippen LogP contribution in [0.25, 0.3) is 0 Å². The van der Waals surface area contributed by atoms with Gasteiger partial charge in [-0.25, -0.2) is 8.42 Å². The predicted octanol–water partition coefficient (Wildman–Crippen LogP) is 0.501. The first-order chi connectivity index (χ1) is 5.54. The van der Waals surface area contributed by atoms with E-state index in [1.54, 1.807) is 0 Å². The van der Waals surface area contributed by atoms with E-state index in [1.807, 2.05) is 0 Å². The maximum atomic E-state index is 10.8. The van der Waals surface area contributed by atoms with Crippen LogP contribution in [0.15, 0.2) is 23.2 Å². The topological polar surface area (TPSA) is 67.3 Å². The molecule has 0 aromatic carbocycles. The molecule has 1 N–H and O–H groups in total. The van der Waals surface area contributed by atoms with Gasteiger partial charge in [-0.1, -0.05) is 0 Å². The zero-order valence-corrected chi connectivity index (χ0v) is 7.51. The summed E-state index contributed by atoms with van der Waals surface area (Å²) in [5.74, 6) is 0. The molecule has 0 saturated heterocycles. The number of pyridine rings is 1. The molecular formula is C6H6ClNO3S. The first kappa shape index (κ1) is 9.44. The molecule has 0 radical (unpaired) electrons. The van der Waals surface area contributed by atoms with Crippen molar-refractivity contribution in [1.29, 1.82) is 0 Å². The summed E-state index contributed by atoms with van der Waals surface area (Å²) in [5.41, 5.74) is 0.275. The highest BCUT2D eigenvalue weighted by Gasteiger charge is 2.09. The monoisotopic (exact) mass is 207 g/mol. The van der Waals surface area contributed by atoms with Crippen molar-refractivity contribution in [1.82, 2.24) is 4.98 Å². The molecule has 12 heavy (non-hydrogen) atoms. The molecule has 1 heterocycles. The zero-order chi connectivity index (χ0) is 9.19. The number of hydrogen-bond acceptors (Lipinski definition) is 4. The molecule has 0 atom stereocenters. The van der Waals surface area contributed by atoms with E-state index in [-0.39, 0.29) is 17.2 Å². The van der Waals surface area contributed by atoms with E-state index >= 15 is 0 Å². The lowest BCUT2D eigenvalue weighted by atomic mass is 10.4. The lowest BCUT2D eigenvalue weighted by Crippen LogP contribution is -1.94. The van der Waals surface area contributed by atoms with Crippen LogP contribution in [0.3, 0.4) is 0 Å². The molecule has 0 fully saturated rings. The Morgan fingerprint density at radius 2 is 2.25 bits per heavy atom. The van der Waals surface area contributed by atoms with Crippen LogP contribution in [0.5, 0.6) is 0 Å². The summed E-state index contributed by atoms with van der Waals surface area (Å²) in [4.78, 5) is 3.65. The molecule has 0 saturated carbocycles. The van der Waals surface area contributed by atoms with Gasteiger partial charge in [-0.3, -0.25) is 4.98 Å². The summed E-state index contributed by atoms with van der Waals surface area (Å²) < 4.78 is 21.5. The van der Waals surface area contributed by atoms with Gasteiger partial charge in [-0.15, -0.1) is 0 Å². The maximum Gasteiger partial charge on any atom is 0.261 e. The summed E-state index contributed by atoms with van der Waals surface area (Å²) in [6.07, 6.45) is 1.28. The first-order valence-electron chi connectivity index (χ1n) is 3.04. The third kappa shape index (κ3) is 2.17. The quantitative estimate of drug-likeness (QED) is 0.718. The van der Waals surface area contributed by atoms with Crippen molar-refractivity contribution in [2.24, 2.45) is 0 Å². The highest BCUT2D eigenvalue weighted by atomic mass is 35.7. The highest BCUT2D eigenvalue weighted by molar-refractivity contribution is 8.13. The van der Waals surface area contributed by atoms with Crippen molar-refractivity contribution in [3.05, 3.63) is 24.0 Å². The molecular weight excluding hydrogens is 202 g/mol. The van der Waals surface area contributed by atoms with E-state index in [2.05, 4.69) is 4.98 Å². The standard InChI is InChI=1S/C6H6ClNO3S/c7-12(10,11)6-1-2-8-5(3-6)4-9/h1-3,9H,4H2. The van der Waals surface area contributed by atoms with Crippen molar-refractivity contribution >= 4 is 19.7 Å². The summed E-state index contributed by atoms with van der Waals surface area (Å²) in [6, 6.07) is 2.49. The number of aliphatic hydroxyl groups is 1. The molecule has 1 rings (SSSR count).